The molecule has 3 aliphatic heterocycles. The van der Waals surface area contributed by atoms with Crippen LogP contribution in [0.15, 0.2) is 25.3 Å². The standard InChI is InChI=1S/C30H47BrN2O5S/c1-6-10-12-14-17-38-29(37)23-24-27(35)33(22(19-34)20(5)9-4)26(30(24)18-21(31)25(23)39-30)28(36)32(15-8-3)16-13-11-7-2/h6,8,20-26,34H,1,3,7,9-19H2,2,4-5H3/t20-,21?,22-,23-,24-,25-,26?,30?/m0/s1. The van der Waals surface area contributed by atoms with Crippen molar-refractivity contribution in [1.29, 1.82) is 0 Å². The number of aliphatic hydroxyl groups excluding tert-OH is 1. The third kappa shape index (κ3) is 6.30. The predicted octanol–water partition coefficient (Wildman–Crippen LogP) is 4.96. The largest absolute Gasteiger partial charge is 0.465 e. The molecule has 3 rings (SSSR count). The van der Waals surface area contributed by atoms with Gasteiger partial charge in [-0.25, -0.2) is 0 Å². The zero-order chi connectivity index (χ0) is 28.7. The molecule has 0 aromatic rings. The van der Waals surface area contributed by atoms with Gasteiger partial charge >= 0.3 is 5.97 Å². The number of nitrogens with zero attached hydrogens (tertiary/aromatic N) is 2. The number of likely N-dealkylation sites (tertiary alicyclic amines) is 1. The second-order valence-corrected chi connectivity index (χ2v) is 14.0. The number of fused-ring (bicyclic) bond motifs is 1. The van der Waals surface area contributed by atoms with Crippen molar-refractivity contribution in [3.63, 3.8) is 0 Å². The molecule has 0 aromatic carbocycles. The molecule has 9 heteroatoms. The van der Waals surface area contributed by atoms with E-state index in [2.05, 4.69) is 36.0 Å². The van der Waals surface area contributed by atoms with Crippen molar-refractivity contribution in [1.82, 2.24) is 9.80 Å². The average Bonchev–Trinajstić information content (AvgIpc) is 3.51. The second-order valence-electron chi connectivity index (χ2n) is 11.3. The van der Waals surface area contributed by atoms with Crippen molar-refractivity contribution in [3.8, 4) is 0 Å². The zero-order valence-electron chi connectivity index (χ0n) is 23.9. The smallest absolute Gasteiger partial charge is 0.310 e. The van der Waals surface area contributed by atoms with Crippen LogP contribution in [0.5, 0.6) is 0 Å². The maximum atomic E-state index is 14.4. The van der Waals surface area contributed by atoms with Gasteiger partial charge in [0.25, 0.3) is 0 Å². The Morgan fingerprint density at radius 2 is 2.00 bits per heavy atom. The Labute approximate surface area is 247 Å². The van der Waals surface area contributed by atoms with E-state index in [0.717, 1.165) is 44.9 Å². The fourth-order valence-corrected chi connectivity index (χ4v) is 10.2. The number of allylic oxidation sites excluding steroid dienone is 1. The topological polar surface area (TPSA) is 87.1 Å². The van der Waals surface area contributed by atoms with Gasteiger partial charge in [0.1, 0.15) is 6.04 Å². The lowest BCUT2D eigenvalue weighted by atomic mass is 9.71. The van der Waals surface area contributed by atoms with Gasteiger partial charge in [-0.05, 0) is 38.0 Å². The molecule has 2 bridgehead atoms. The summed E-state index contributed by atoms with van der Waals surface area (Å²) in [6, 6.07) is -1.25. The van der Waals surface area contributed by atoms with E-state index in [0.29, 0.717) is 26.1 Å². The number of halogens is 1. The van der Waals surface area contributed by atoms with Crippen LogP contribution in [0.4, 0.5) is 0 Å². The zero-order valence-corrected chi connectivity index (χ0v) is 26.3. The highest BCUT2D eigenvalue weighted by molar-refractivity contribution is 9.09. The first-order valence-corrected chi connectivity index (χ1v) is 16.5. The average molecular weight is 628 g/mol. The lowest BCUT2D eigenvalue weighted by Crippen LogP contribution is -2.59. The molecule has 1 N–H and O–H groups in total. The molecule has 3 fully saturated rings. The van der Waals surface area contributed by atoms with E-state index < -0.39 is 28.7 Å². The number of ether oxygens (including phenoxy) is 1. The summed E-state index contributed by atoms with van der Waals surface area (Å²) in [5.41, 5.74) is 0. The minimum Gasteiger partial charge on any atom is -0.465 e. The number of aliphatic hydroxyl groups is 1. The fourth-order valence-electron chi connectivity index (χ4n) is 6.62. The van der Waals surface area contributed by atoms with Crippen LogP contribution in [0.3, 0.4) is 0 Å². The van der Waals surface area contributed by atoms with Gasteiger partial charge in [0.2, 0.25) is 11.8 Å². The van der Waals surface area contributed by atoms with Crippen LogP contribution in [-0.2, 0) is 19.1 Å². The normalized spacial score (nSPS) is 30.6. The molecule has 3 unspecified atom stereocenters. The number of rotatable bonds is 17. The van der Waals surface area contributed by atoms with Crippen molar-refractivity contribution >= 4 is 45.5 Å². The summed E-state index contributed by atoms with van der Waals surface area (Å²) in [6.07, 6.45) is 10.4. The first-order chi connectivity index (χ1) is 18.7. The highest BCUT2D eigenvalue weighted by atomic mass is 79.9. The molecule has 2 amide bonds. The first kappa shape index (κ1) is 32.2. The van der Waals surface area contributed by atoms with Gasteiger partial charge in [0.15, 0.2) is 0 Å². The monoisotopic (exact) mass is 626 g/mol. The van der Waals surface area contributed by atoms with Crippen LogP contribution in [-0.4, -0.2) is 85.9 Å². The summed E-state index contributed by atoms with van der Waals surface area (Å²) < 4.78 is 4.98. The third-order valence-electron chi connectivity index (χ3n) is 8.82. The van der Waals surface area contributed by atoms with Crippen LogP contribution >= 0.6 is 27.7 Å². The molecule has 3 heterocycles. The van der Waals surface area contributed by atoms with Crippen molar-refractivity contribution in [2.75, 3.05) is 26.3 Å². The van der Waals surface area contributed by atoms with E-state index >= 15 is 0 Å². The van der Waals surface area contributed by atoms with E-state index in [1.807, 2.05) is 24.8 Å². The van der Waals surface area contributed by atoms with Crippen molar-refractivity contribution in [2.45, 2.75) is 99.0 Å². The van der Waals surface area contributed by atoms with Gasteiger partial charge in [-0.2, -0.15) is 0 Å². The molecular formula is C30H47BrN2O5S. The van der Waals surface area contributed by atoms with E-state index in [9.17, 15) is 19.5 Å². The molecule has 220 valence electrons. The first-order valence-electron chi connectivity index (χ1n) is 14.7. The Bertz CT molecular complexity index is 903. The maximum absolute atomic E-state index is 14.4. The Kier molecular flexibility index (Phi) is 12.0. The maximum Gasteiger partial charge on any atom is 0.310 e. The van der Waals surface area contributed by atoms with Gasteiger partial charge in [-0.3, -0.25) is 14.4 Å². The van der Waals surface area contributed by atoms with Gasteiger partial charge in [-0.15, -0.1) is 24.9 Å². The van der Waals surface area contributed by atoms with Crippen LogP contribution in [0.2, 0.25) is 0 Å². The molecule has 3 aliphatic rings. The number of esters is 1. The molecule has 3 saturated heterocycles. The van der Waals surface area contributed by atoms with Crippen LogP contribution < -0.4 is 0 Å². The highest BCUT2D eigenvalue weighted by Crippen LogP contribution is 2.68. The summed E-state index contributed by atoms with van der Waals surface area (Å²) in [4.78, 5) is 45.8. The minimum absolute atomic E-state index is 0.00495. The lowest BCUT2D eigenvalue weighted by molar-refractivity contribution is -0.155. The number of carbonyl (C=O) groups is 3. The fraction of sp³-hybridized carbons (Fsp3) is 0.767. The summed E-state index contributed by atoms with van der Waals surface area (Å²) in [5, 5.41) is 10.4. The SMILES string of the molecule is C=CCCCCOC(=O)[C@H]1[C@H]2C(=O)N([C@@H](CO)[C@@H](C)CC)C(C(=O)N(CC=C)CCCCC)C23CC(Br)[C@@H]1S3. The number of hydrogen-bond donors (Lipinski definition) is 1. The Balaban J connectivity index is 2.00. The predicted molar refractivity (Wildman–Crippen MR) is 161 cm³/mol. The quantitative estimate of drug-likeness (QED) is 0.106. The number of hydrogen-bond acceptors (Lipinski definition) is 6. The Hall–Kier alpha value is -1.32. The second kappa shape index (κ2) is 14.5. The summed E-state index contributed by atoms with van der Waals surface area (Å²) in [7, 11) is 0. The Morgan fingerprint density at radius 1 is 1.26 bits per heavy atom. The van der Waals surface area contributed by atoms with Crippen molar-refractivity contribution < 1.29 is 24.2 Å². The van der Waals surface area contributed by atoms with E-state index in [-0.39, 0.29) is 40.4 Å². The number of amides is 2. The molecule has 8 atom stereocenters. The van der Waals surface area contributed by atoms with Crippen LogP contribution in [0, 0.1) is 17.8 Å². The minimum atomic E-state index is -0.747. The molecule has 39 heavy (non-hydrogen) atoms. The highest BCUT2D eigenvalue weighted by Gasteiger charge is 2.76. The number of unbranched alkanes of at least 4 members (excludes halogenated alkanes) is 4. The lowest BCUT2D eigenvalue weighted by Gasteiger charge is -2.41. The molecule has 1 spiro atoms. The van der Waals surface area contributed by atoms with E-state index in [1.54, 1.807) is 22.7 Å². The van der Waals surface area contributed by atoms with Gasteiger partial charge in [0.05, 0.1) is 35.8 Å². The number of thioether (sulfide) groups is 1. The number of alkyl halides is 1. The third-order valence-corrected chi connectivity index (χ3v) is 12.0. The van der Waals surface area contributed by atoms with E-state index in [1.165, 1.54) is 0 Å². The molecule has 0 radical (unpaired) electrons. The van der Waals surface area contributed by atoms with Gasteiger partial charge in [0, 0.05) is 23.2 Å². The summed E-state index contributed by atoms with van der Waals surface area (Å²) in [6.45, 7) is 14.8. The molecule has 0 aliphatic carbocycles. The molecule has 0 aromatic heterocycles. The van der Waals surface area contributed by atoms with E-state index in [4.69, 9.17) is 4.74 Å². The Morgan fingerprint density at radius 3 is 2.62 bits per heavy atom. The van der Waals surface area contributed by atoms with Crippen LogP contribution in [0.25, 0.3) is 0 Å². The van der Waals surface area contributed by atoms with Crippen molar-refractivity contribution in [3.05, 3.63) is 25.3 Å². The molecular weight excluding hydrogens is 580 g/mol. The van der Waals surface area contributed by atoms with Crippen molar-refractivity contribution in [2.24, 2.45) is 17.8 Å². The molecule has 0 saturated carbocycles. The summed E-state index contributed by atoms with van der Waals surface area (Å²) >= 11 is 5.43. The van der Waals surface area contributed by atoms with Gasteiger partial charge < -0.3 is 19.6 Å². The molecule has 7 nitrogen and oxygen atoms in total. The number of carbonyl (C=O) groups excluding carboxylic acids is 3. The van der Waals surface area contributed by atoms with Gasteiger partial charge in [-0.1, -0.05) is 68.1 Å². The van der Waals surface area contributed by atoms with Crippen LogP contribution in [0.1, 0.15) is 72.1 Å². The summed E-state index contributed by atoms with van der Waals surface area (Å²) in [5.74, 6) is -1.91.